The molecule has 0 aliphatic heterocycles. The summed E-state index contributed by atoms with van der Waals surface area (Å²) in [7, 11) is 0. The molecule has 3 N–H and O–H groups in total. The van der Waals surface area contributed by atoms with Gasteiger partial charge >= 0.3 is 5.97 Å². The molecule has 0 heterocycles. The Bertz CT molecular complexity index is 157. The zero-order valence-corrected chi connectivity index (χ0v) is 6.20. The van der Waals surface area contributed by atoms with Crippen LogP contribution in [0, 0.1) is 0 Å². The highest BCUT2D eigenvalue weighted by Crippen LogP contribution is 1.90. The van der Waals surface area contributed by atoms with Crippen molar-refractivity contribution in [2.24, 2.45) is 0 Å². The molecule has 5 nitrogen and oxygen atoms in total. The van der Waals surface area contributed by atoms with Crippen molar-refractivity contribution in [2.45, 2.75) is 26.8 Å². The van der Waals surface area contributed by atoms with Crippen LogP contribution in [0.5, 0.6) is 0 Å². The van der Waals surface area contributed by atoms with Crippen molar-refractivity contribution in [1.29, 1.82) is 0 Å². The molecular weight excluding hydrogens is 162 g/mol. The maximum absolute atomic E-state index is 10.4. The summed E-state index contributed by atoms with van der Waals surface area (Å²) in [5.41, 5.74) is 0. The van der Waals surface area contributed by atoms with E-state index in [9.17, 15) is 9.59 Å². The fraction of sp³-hybridized carbons (Fsp3) is 0.714. The van der Waals surface area contributed by atoms with E-state index >= 15 is 0 Å². The largest absolute Gasteiger partial charge is 0.480 e. The average Bonchev–Trinajstić information content (AvgIpc) is 1.86. The first kappa shape index (κ1) is 13.5. The number of carboxylic acid groups (broad SMARTS) is 1. The van der Waals surface area contributed by atoms with E-state index in [4.69, 9.17) is 10.2 Å². The molecular formula is C7H15NO4. The number of hydrogen-bond acceptors (Lipinski definition) is 3. The van der Waals surface area contributed by atoms with Crippen LogP contribution in [0.2, 0.25) is 0 Å². The van der Waals surface area contributed by atoms with E-state index in [0.717, 1.165) is 0 Å². The molecule has 0 saturated carbocycles. The normalized spacial score (nSPS) is 11.2. The molecule has 0 spiro atoms. The lowest BCUT2D eigenvalue weighted by Crippen LogP contribution is -2.40. The minimum atomic E-state index is -1.13. The van der Waals surface area contributed by atoms with E-state index in [-0.39, 0.29) is 20.5 Å². The second kappa shape index (κ2) is 6.60. The minimum absolute atomic E-state index is 0. The SMILES string of the molecule is C.CC(=O)NC(CCO)C(=O)O. The van der Waals surface area contributed by atoms with Crippen LogP contribution in [0.1, 0.15) is 20.8 Å². The Hall–Kier alpha value is -1.10. The van der Waals surface area contributed by atoms with E-state index in [1.54, 1.807) is 0 Å². The second-order valence-electron chi connectivity index (χ2n) is 2.10. The first-order valence-corrected chi connectivity index (χ1v) is 3.18. The molecule has 0 aromatic heterocycles. The molecule has 0 aromatic rings. The van der Waals surface area contributed by atoms with Gasteiger partial charge in [-0.25, -0.2) is 4.79 Å². The number of carbonyl (C=O) groups is 2. The number of hydrogen-bond donors (Lipinski definition) is 3. The van der Waals surface area contributed by atoms with Gasteiger partial charge in [-0.1, -0.05) is 7.43 Å². The Morgan fingerprint density at radius 2 is 2.00 bits per heavy atom. The number of carbonyl (C=O) groups excluding carboxylic acids is 1. The molecule has 5 heteroatoms. The molecule has 0 rings (SSSR count). The summed E-state index contributed by atoms with van der Waals surface area (Å²) in [5.74, 6) is -1.54. The van der Waals surface area contributed by atoms with Gasteiger partial charge in [-0.3, -0.25) is 4.79 Å². The number of rotatable bonds is 4. The summed E-state index contributed by atoms with van der Waals surface area (Å²) in [6, 6.07) is -0.975. The van der Waals surface area contributed by atoms with E-state index in [0.29, 0.717) is 0 Å². The molecule has 0 aliphatic carbocycles. The summed E-state index contributed by atoms with van der Waals surface area (Å²) in [5, 5.41) is 19.0. The van der Waals surface area contributed by atoms with Gasteiger partial charge in [0.2, 0.25) is 5.91 Å². The zero-order chi connectivity index (χ0) is 8.85. The number of aliphatic carboxylic acids is 1. The topological polar surface area (TPSA) is 86.6 Å². The standard InChI is InChI=1S/C6H11NO4.CH4/c1-4(9)7-5(2-3-8)6(10)11;/h5,8H,2-3H2,1H3,(H,7,9)(H,10,11);1H4. The Morgan fingerprint density at radius 1 is 1.50 bits per heavy atom. The van der Waals surface area contributed by atoms with Gasteiger partial charge in [-0.2, -0.15) is 0 Å². The van der Waals surface area contributed by atoms with Crippen molar-refractivity contribution in [2.75, 3.05) is 6.61 Å². The highest BCUT2D eigenvalue weighted by molar-refractivity contribution is 5.81. The molecule has 0 fully saturated rings. The highest BCUT2D eigenvalue weighted by atomic mass is 16.4. The van der Waals surface area contributed by atoms with Gasteiger partial charge in [0.1, 0.15) is 6.04 Å². The summed E-state index contributed by atoms with van der Waals surface area (Å²) in [4.78, 5) is 20.7. The molecule has 0 saturated heterocycles. The molecule has 0 aromatic carbocycles. The summed E-state index contributed by atoms with van der Waals surface area (Å²) < 4.78 is 0. The fourth-order valence-electron chi connectivity index (χ4n) is 0.632. The lowest BCUT2D eigenvalue weighted by Gasteiger charge is -2.10. The second-order valence-corrected chi connectivity index (χ2v) is 2.10. The van der Waals surface area contributed by atoms with Crippen molar-refractivity contribution < 1.29 is 19.8 Å². The van der Waals surface area contributed by atoms with Gasteiger partial charge in [0.25, 0.3) is 0 Å². The van der Waals surface area contributed by atoms with Crippen LogP contribution in [-0.2, 0) is 9.59 Å². The number of carboxylic acids is 1. The van der Waals surface area contributed by atoms with Gasteiger partial charge in [0.15, 0.2) is 0 Å². The van der Waals surface area contributed by atoms with Crippen LogP contribution in [-0.4, -0.2) is 34.7 Å². The van der Waals surface area contributed by atoms with E-state index in [2.05, 4.69) is 5.32 Å². The zero-order valence-electron chi connectivity index (χ0n) is 6.20. The molecule has 72 valence electrons. The Labute approximate surface area is 71.4 Å². The molecule has 1 atom stereocenters. The summed E-state index contributed by atoms with van der Waals surface area (Å²) in [6.45, 7) is 0.977. The van der Waals surface area contributed by atoms with Crippen LogP contribution in [0.25, 0.3) is 0 Å². The van der Waals surface area contributed by atoms with Gasteiger partial charge < -0.3 is 15.5 Å². The van der Waals surface area contributed by atoms with Crippen molar-refractivity contribution in [3.63, 3.8) is 0 Å². The van der Waals surface area contributed by atoms with E-state index in [1.165, 1.54) is 6.92 Å². The van der Waals surface area contributed by atoms with Crippen LogP contribution >= 0.6 is 0 Å². The van der Waals surface area contributed by atoms with Crippen molar-refractivity contribution >= 4 is 11.9 Å². The first-order valence-electron chi connectivity index (χ1n) is 3.18. The quantitative estimate of drug-likeness (QED) is 0.545. The van der Waals surface area contributed by atoms with Crippen molar-refractivity contribution in [3.8, 4) is 0 Å². The molecule has 12 heavy (non-hydrogen) atoms. The highest BCUT2D eigenvalue weighted by Gasteiger charge is 2.16. The third kappa shape index (κ3) is 5.67. The van der Waals surface area contributed by atoms with Gasteiger partial charge in [-0.05, 0) is 0 Å². The third-order valence-corrected chi connectivity index (χ3v) is 1.09. The van der Waals surface area contributed by atoms with Crippen LogP contribution < -0.4 is 5.32 Å². The molecule has 1 unspecified atom stereocenters. The average molecular weight is 177 g/mol. The molecule has 0 bridgehead atoms. The molecule has 0 radical (unpaired) electrons. The lowest BCUT2D eigenvalue weighted by atomic mass is 10.2. The smallest absolute Gasteiger partial charge is 0.326 e. The predicted octanol–water partition coefficient (Wildman–Crippen LogP) is -0.406. The van der Waals surface area contributed by atoms with Gasteiger partial charge in [0, 0.05) is 20.0 Å². The van der Waals surface area contributed by atoms with E-state index < -0.39 is 17.9 Å². The fourth-order valence-corrected chi connectivity index (χ4v) is 0.632. The maximum atomic E-state index is 10.4. The Morgan fingerprint density at radius 3 is 2.25 bits per heavy atom. The number of aliphatic hydroxyl groups excluding tert-OH is 1. The Balaban J connectivity index is 0. The van der Waals surface area contributed by atoms with Crippen molar-refractivity contribution in [1.82, 2.24) is 5.32 Å². The molecule has 0 aliphatic rings. The lowest BCUT2D eigenvalue weighted by molar-refractivity contribution is -0.142. The number of amides is 1. The van der Waals surface area contributed by atoms with Crippen LogP contribution in [0.3, 0.4) is 0 Å². The summed E-state index contributed by atoms with van der Waals surface area (Å²) in [6.07, 6.45) is 0.0366. The molecule has 1 amide bonds. The Kier molecular flexibility index (Phi) is 7.42. The van der Waals surface area contributed by atoms with Gasteiger partial charge in [-0.15, -0.1) is 0 Å². The third-order valence-electron chi connectivity index (χ3n) is 1.09. The summed E-state index contributed by atoms with van der Waals surface area (Å²) >= 11 is 0. The van der Waals surface area contributed by atoms with Crippen molar-refractivity contribution in [3.05, 3.63) is 0 Å². The van der Waals surface area contributed by atoms with Gasteiger partial charge in [0.05, 0.1) is 0 Å². The van der Waals surface area contributed by atoms with Crippen LogP contribution in [0.15, 0.2) is 0 Å². The monoisotopic (exact) mass is 177 g/mol. The first-order chi connectivity index (χ1) is 5.07. The van der Waals surface area contributed by atoms with E-state index in [1.807, 2.05) is 0 Å². The predicted molar refractivity (Wildman–Crippen MR) is 43.7 cm³/mol. The number of aliphatic hydroxyl groups is 1. The van der Waals surface area contributed by atoms with Crippen LogP contribution in [0.4, 0.5) is 0 Å². The minimum Gasteiger partial charge on any atom is -0.480 e. The maximum Gasteiger partial charge on any atom is 0.326 e. The number of nitrogens with one attached hydrogen (secondary N) is 1.